The number of piperidine rings is 1. The number of anilines is 3. The average molecular weight is 760 g/mol. The molecule has 56 heavy (non-hydrogen) atoms. The summed E-state index contributed by atoms with van der Waals surface area (Å²) in [7, 11) is 0. The Kier molecular flexibility index (Phi) is 10.6. The summed E-state index contributed by atoms with van der Waals surface area (Å²) >= 11 is 0. The Labute approximate surface area is 323 Å². The predicted octanol–water partition coefficient (Wildman–Crippen LogP) is 6.42. The fourth-order valence-corrected chi connectivity index (χ4v) is 6.94. The summed E-state index contributed by atoms with van der Waals surface area (Å²) in [4.78, 5) is 70.2. The number of imide groups is 1. The fourth-order valence-electron chi connectivity index (χ4n) is 6.94. The van der Waals surface area contributed by atoms with Gasteiger partial charge in [-0.05, 0) is 67.8 Å². The standard InChI is InChI=1S/C41H45N9O6/c1-5-6-7-11-33(38(53)44-29-10-8-9-27-28(29)22-49(39(27)54)32-18-19-36(51)46-37(32)52)56-26-16-17-31-30(20-26)42-23-50(31)25-14-12-24(13-15-25)43-40(55)45-35-21-34(47-48-35)41(2,3)4/h8-10,12-17,20-21,23,32-33H,5-7,11,18-19,22H2,1-4H3,(H,44,53)(H,46,51,52)(H3,43,45,47,48,55). The quantitative estimate of drug-likeness (QED) is 0.0711. The van der Waals surface area contributed by atoms with E-state index in [1.165, 1.54) is 4.90 Å². The van der Waals surface area contributed by atoms with Crippen LogP contribution < -0.4 is 26.0 Å². The van der Waals surface area contributed by atoms with Gasteiger partial charge in [0.15, 0.2) is 6.10 Å². The van der Waals surface area contributed by atoms with Crippen LogP contribution in [-0.2, 0) is 26.3 Å². The summed E-state index contributed by atoms with van der Waals surface area (Å²) in [5.74, 6) is -0.530. The van der Waals surface area contributed by atoms with E-state index < -0.39 is 24.1 Å². The number of fused-ring (bicyclic) bond motifs is 2. The first-order valence-corrected chi connectivity index (χ1v) is 18.8. The first-order valence-electron chi connectivity index (χ1n) is 18.8. The molecule has 5 N–H and O–H groups in total. The number of nitrogens with one attached hydrogen (secondary N) is 5. The highest BCUT2D eigenvalue weighted by atomic mass is 16.5. The SMILES string of the molecule is CCCCCC(Oc1ccc2c(c1)ncn2-c1ccc(NC(=O)Nc2cc(C(C)(C)C)n[nH]2)cc1)C(=O)Nc1cccc2c1CN(C1CCC(=O)NC1=O)C2=O. The number of aromatic amines is 1. The fraction of sp³-hybridized carbons (Fsp3) is 0.341. The van der Waals surface area contributed by atoms with Gasteiger partial charge in [0, 0.05) is 58.7 Å². The number of benzene rings is 3. The number of ether oxygens (including phenoxy) is 1. The summed E-state index contributed by atoms with van der Waals surface area (Å²) in [6.45, 7) is 8.36. The minimum Gasteiger partial charge on any atom is -0.481 e. The molecule has 0 radical (unpaired) electrons. The van der Waals surface area contributed by atoms with Crippen molar-refractivity contribution in [2.24, 2.45) is 0 Å². The lowest BCUT2D eigenvalue weighted by Gasteiger charge is -2.29. The highest BCUT2D eigenvalue weighted by Crippen LogP contribution is 2.33. The second kappa shape index (κ2) is 15.7. The van der Waals surface area contributed by atoms with Crippen LogP contribution in [0.15, 0.2) is 73.1 Å². The molecule has 2 aliphatic rings. The number of unbranched alkanes of at least 4 members (excludes halogenated alkanes) is 2. The van der Waals surface area contributed by atoms with Crippen LogP contribution in [0.3, 0.4) is 0 Å². The first kappa shape index (κ1) is 37.8. The zero-order valence-electron chi connectivity index (χ0n) is 31.8. The summed E-state index contributed by atoms with van der Waals surface area (Å²) in [5.41, 5.74) is 5.12. The number of aromatic nitrogens is 4. The molecule has 0 aliphatic carbocycles. The topological polar surface area (TPSA) is 192 Å². The Morgan fingerprint density at radius 3 is 2.52 bits per heavy atom. The summed E-state index contributed by atoms with van der Waals surface area (Å²) < 4.78 is 8.26. The van der Waals surface area contributed by atoms with Gasteiger partial charge in [-0.25, -0.2) is 9.78 Å². The van der Waals surface area contributed by atoms with E-state index in [2.05, 4.69) is 43.4 Å². The Balaban J connectivity index is 1.02. The van der Waals surface area contributed by atoms with Gasteiger partial charge >= 0.3 is 6.03 Å². The molecular formula is C41H45N9O6. The van der Waals surface area contributed by atoms with Crippen LogP contribution in [0.5, 0.6) is 5.75 Å². The highest BCUT2D eigenvalue weighted by Gasteiger charge is 2.40. The minimum absolute atomic E-state index is 0.136. The van der Waals surface area contributed by atoms with Crippen molar-refractivity contribution in [3.63, 3.8) is 0 Å². The molecule has 0 bridgehead atoms. The minimum atomic E-state index is -0.827. The molecular weight excluding hydrogens is 715 g/mol. The maximum absolute atomic E-state index is 13.8. The lowest BCUT2D eigenvalue weighted by molar-refractivity contribution is -0.137. The van der Waals surface area contributed by atoms with E-state index in [1.54, 1.807) is 48.8 Å². The van der Waals surface area contributed by atoms with E-state index in [-0.39, 0.29) is 42.5 Å². The van der Waals surface area contributed by atoms with Crippen molar-refractivity contribution in [3.8, 4) is 11.4 Å². The van der Waals surface area contributed by atoms with Gasteiger partial charge in [0.2, 0.25) is 11.8 Å². The number of carbonyl (C=O) groups excluding carboxylic acids is 5. The molecule has 2 aliphatic heterocycles. The third-order valence-electron chi connectivity index (χ3n) is 10.00. The zero-order valence-corrected chi connectivity index (χ0v) is 31.8. The summed E-state index contributed by atoms with van der Waals surface area (Å²) in [5, 5.41) is 18.0. The maximum atomic E-state index is 13.8. The molecule has 2 atom stereocenters. The largest absolute Gasteiger partial charge is 0.481 e. The highest BCUT2D eigenvalue weighted by molar-refractivity contribution is 6.07. The third kappa shape index (κ3) is 8.11. The third-order valence-corrected chi connectivity index (χ3v) is 10.00. The molecule has 6 amide bonds. The van der Waals surface area contributed by atoms with Gasteiger partial charge in [-0.1, -0.05) is 46.6 Å². The van der Waals surface area contributed by atoms with Crippen LogP contribution in [0, 0.1) is 0 Å². The van der Waals surface area contributed by atoms with Gasteiger partial charge < -0.3 is 20.3 Å². The van der Waals surface area contributed by atoms with Crippen LogP contribution in [0.4, 0.5) is 22.0 Å². The van der Waals surface area contributed by atoms with Crippen LogP contribution >= 0.6 is 0 Å². The predicted molar refractivity (Wildman–Crippen MR) is 211 cm³/mol. The van der Waals surface area contributed by atoms with Gasteiger partial charge in [0.05, 0.1) is 16.7 Å². The molecule has 1 fully saturated rings. The van der Waals surface area contributed by atoms with Crippen LogP contribution in [0.2, 0.25) is 0 Å². The molecule has 1 saturated heterocycles. The number of rotatable bonds is 12. The van der Waals surface area contributed by atoms with Crippen molar-refractivity contribution in [2.45, 2.75) is 90.3 Å². The number of H-pyrrole nitrogens is 1. The average Bonchev–Trinajstić information content (AvgIpc) is 3.89. The Morgan fingerprint density at radius 1 is 0.982 bits per heavy atom. The van der Waals surface area contributed by atoms with Gasteiger partial charge in [0.25, 0.3) is 11.8 Å². The van der Waals surface area contributed by atoms with Crippen molar-refractivity contribution >= 4 is 57.9 Å². The van der Waals surface area contributed by atoms with Crippen LogP contribution in [-0.4, -0.2) is 66.5 Å². The molecule has 7 rings (SSSR count). The van der Waals surface area contributed by atoms with E-state index in [9.17, 15) is 24.0 Å². The van der Waals surface area contributed by atoms with Gasteiger partial charge in [-0.3, -0.25) is 39.5 Å². The Hall–Kier alpha value is -6.51. The van der Waals surface area contributed by atoms with Crippen molar-refractivity contribution in [1.29, 1.82) is 0 Å². The second-order valence-electron chi connectivity index (χ2n) is 15.1. The van der Waals surface area contributed by atoms with E-state index in [0.717, 1.165) is 36.2 Å². The monoisotopic (exact) mass is 759 g/mol. The van der Waals surface area contributed by atoms with Gasteiger partial charge in [0.1, 0.15) is 23.9 Å². The van der Waals surface area contributed by atoms with Crippen LogP contribution in [0.1, 0.15) is 87.8 Å². The van der Waals surface area contributed by atoms with E-state index in [1.807, 2.05) is 49.6 Å². The normalized spacial score (nSPS) is 16.0. The smallest absolute Gasteiger partial charge is 0.324 e. The molecule has 3 aromatic carbocycles. The van der Waals surface area contributed by atoms with Crippen molar-refractivity contribution < 1.29 is 28.7 Å². The lowest BCUT2D eigenvalue weighted by Crippen LogP contribution is -2.52. The Bertz CT molecular complexity index is 2310. The second-order valence-corrected chi connectivity index (χ2v) is 15.1. The van der Waals surface area contributed by atoms with E-state index >= 15 is 0 Å². The number of hydrogen-bond donors (Lipinski definition) is 5. The molecule has 290 valence electrons. The first-order chi connectivity index (χ1) is 26.9. The molecule has 2 aromatic heterocycles. The number of hydrogen-bond acceptors (Lipinski definition) is 8. The van der Waals surface area contributed by atoms with Gasteiger partial charge in [-0.2, -0.15) is 5.10 Å². The van der Waals surface area contributed by atoms with Gasteiger partial charge in [-0.15, -0.1) is 0 Å². The lowest BCUT2D eigenvalue weighted by atomic mass is 9.92. The van der Waals surface area contributed by atoms with E-state index in [0.29, 0.717) is 46.0 Å². The van der Waals surface area contributed by atoms with Crippen molar-refractivity contribution in [1.82, 2.24) is 30.0 Å². The molecule has 0 spiro atoms. The number of nitrogens with zero attached hydrogens (tertiary/aromatic N) is 4. The van der Waals surface area contributed by atoms with Crippen molar-refractivity contribution in [3.05, 3.63) is 89.9 Å². The summed E-state index contributed by atoms with van der Waals surface area (Å²) in [6, 6.07) is 18.6. The zero-order chi connectivity index (χ0) is 39.6. The Morgan fingerprint density at radius 2 is 1.79 bits per heavy atom. The number of carbonyl (C=O) groups is 5. The molecule has 0 saturated carbocycles. The number of urea groups is 1. The molecule has 15 nitrogen and oxygen atoms in total. The van der Waals surface area contributed by atoms with E-state index in [4.69, 9.17) is 4.74 Å². The number of imidazole rings is 1. The van der Waals surface area contributed by atoms with Crippen molar-refractivity contribution in [2.75, 3.05) is 16.0 Å². The van der Waals surface area contributed by atoms with Crippen LogP contribution in [0.25, 0.3) is 16.7 Å². The number of amides is 6. The maximum Gasteiger partial charge on any atom is 0.324 e. The molecule has 5 aromatic rings. The summed E-state index contributed by atoms with van der Waals surface area (Å²) in [6.07, 6.45) is 4.42. The molecule has 15 heteroatoms. The molecule has 2 unspecified atom stereocenters. The molecule has 4 heterocycles.